The number of nitrogens with one attached hydrogen (secondary N) is 1. The van der Waals surface area contributed by atoms with Crippen LogP contribution in [-0.2, 0) is 26.9 Å². The molecule has 562 valence electrons. The number of rotatable bonds is 5. The van der Waals surface area contributed by atoms with Crippen LogP contribution in [0.15, 0.2) is 176 Å². The third-order valence-corrected chi connectivity index (χ3v) is 11.7. The first kappa shape index (κ1) is 131. The van der Waals surface area contributed by atoms with Crippen LogP contribution in [0.25, 0.3) is 9.91 Å². The number of amidine groups is 1. The summed E-state index contributed by atoms with van der Waals surface area (Å²) < 4.78 is 22.0. The van der Waals surface area contributed by atoms with E-state index >= 15 is 0 Å². The van der Waals surface area contributed by atoms with Crippen LogP contribution in [0.1, 0.15) is 104 Å². The molecule has 42 heteroatoms. The van der Waals surface area contributed by atoms with Crippen molar-refractivity contribution in [2.45, 2.75) is 106 Å². The van der Waals surface area contributed by atoms with E-state index in [1.54, 1.807) is 81.9 Å². The fraction of sp³-hybridized carbons (Fsp3) is 0.281. The summed E-state index contributed by atoms with van der Waals surface area (Å²) in [6.07, 6.45) is 12.3. The van der Waals surface area contributed by atoms with Gasteiger partial charge >= 0.3 is 282 Å². The number of alkyl halides is 2. The number of carboxylic acid groups (broad SMARTS) is 1. The van der Waals surface area contributed by atoms with E-state index in [0.717, 1.165) is 34.6 Å². The molecule has 0 spiro atoms. The van der Waals surface area contributed by atoms with Gasteiger partial charge in [-0.2, -0.15) is 0 Å². The summed E-state index contributed by atoms with van der Waals surface area (Å²) in [6, 6.07) is 27.7. The van der Waals surface area contributed by atoms with Crippen LogP contribution in [0.3, 0.4) is 0 Å². The fourth-order valence-corrected chi connectivity index (χ4v) is 7.18. The van der Waals surface area contributed by atoms with E-state index in [4.69, 9.17) is 32.8 Å². The van der Waals surface area contributed by atoms with Gasteiger partial charge in [0.25, 0.3) is 6.47 Å². The van der Waals surface area contributed by atoms with E-state index in [0.29, 0.717) is 46.1 Å². The summed E-state index contributed by atoms with van der Waals surface area (Å²) in [5.41, 5.74) is 22.3. The summed E-state index contributed by atoms with van der Waals surface area (Å²) in [5, 5.41) is 6.10. The Balaban J connectivity index is -0.0000000663. The van der Waals surface area contributed by atoms with Gasteiger partial charge in [-0.25, -0.2) is 24.9 Å². The number of aromatic nitrogens is 8. The van der Waals surface area contributed by atoms with Gasteiger partial charge in [0, 0.05) is 41.9 Å². The Bertz CT molecular complexity index is 3110. The van der Waals surface area contributed by atoms with Crippen LogP contribution in [0.4, 0.5) is 39.6 Å². The van der Waals surface area contributed by atoms with Crippen molar-refractivity contribution in [1.82, 2.24) is 46.0 Å². The fourth-order valence-electron chi connectivity index (χ4n) is 3.67. The SMILES string of the molecule is C=Nc1ncccc1Br.CC.CC.CC.CC.CC.CC.CC.CC(I)I.N.NC([Se])=Nc1ncccc1Br.Nc1ccccn1.Nc1nc2ncccc2[se]1.Nc1ncccc1Br.O.O=CNc1ncccc1Br.O=CO.O=P(Cl)(Cl)Cl.[B]=NS.[Cu][I].[Se].[Se]=C=Nc1ncccc1Br. The van der Waals surface area contributed by atoms with E-state index in [1.807, 2.05) is 170 Å². The number of thiol groups is 1. The zero-order valence-corrected chi connectivity index (χ0v) is 83.0. The number of pyridine rings is 7. The van der Waals surface area contributed by atoms with Crippen LogP contribution in [0, 0.1) is 0 Å². The van der Waals surface area contributed by atoms with E-state index in [9.17, 15) is 9.36 Å². The Morgan fingerprint density at radius 1 is 0.677 bits per heavy atom. The van der Waals surface area contributed by atoms with E-state index in [-0.39, 0.29) is 49.7 Å². The van der Waals surface area contributed by atoms with Gasteiger partial charge in [0.1, 0.15) is 17.5 Å². The van der Waals surface area contributed by atoms with Crippen LogP contribution in [0.5, 0.6) is 0 Å². The van der Waals surface area contributed by atoms with E-state index in [2.05, 4.69) is 306 Å². The number of nitrogen functional groups attached to an aromatic ring is 3. The van der Waals surface area contributed by atoms with E-state index < -0.39 is 5.20 Å². The molecule has 0 unspecified atom stereocenters. The number of amides is 1. The van der Waals surface area contributed by atoms with Crippen molar-refractivity contribution in [3.05, 3.63) is 157 Å². The Hall–Kier alpha value is -0.798. The molecule has 8 rings (SSSR count). The normalized spacial score (nSPS) is 7.95. The minimum absolute atomic E-state index is 0. The summed E-state index contributed by atoms with van der Waals surface area (Å²) >= 11 is 49.2. The Kier molecular flexibility index (Phi) is 140. The maximum absolute atomic E-state index is 9.95. The summed E-state index contributed by atoms with van der Waals surface area (Å²) in [7, 11) is 4.34. The molecule has 0 aliphatic rings. The van der Waals surface area contributed by atoms with Crippen molar-refractivity contribution in [3.8, 4) is 0 Å². The molecule has 8 aromatic heterocycles. The van der Waals surface area contributed by atoms with Gasteiger partial charge in [-0.3, -0.25) is 14.2 Å². The average molecular weight is 2450 g/mol. The molecule has 99 heavy (non-hydrogen) atoms. The Morgan fingerprint density at radius 3 is 1.28 bits per heavy atom. The number of aliphatic imine (C=N–C) groups is 3. The van der Waals surface area contributed by atoms with Crippen molar-refractivity contribution in [2.75, 3.05) is 22.5 Å². The molecule has 8 aromatic rings. The molecule has 4 radical (unpaired) electrons. The van der Waals surface area contributed by atoms with Crippen molar-refractivity contribution in [2.24, 2.45) is 25.0 Å². The van der Waals surface area contributed by atoms with Crippen LogP contribution < -0.4 is 34.4 Å². The van der Waals surface area contributed by atoms with Gasteiger partial charge in [-0.15, -0.1) is 0 Å². The number of nitrogens with two attached hydrogens (primary N) is 4. The second kappa shape index (κ2) is 106. The molecule has 0 aliphatic heterocycles. The van der Waals surface area contributed by atoms with Crippen LogP contribution >= 0.6 is 197 Å². The molecule has 23 nitrogen and oxygen atoms in total. The number of anilines is 4. The number of fused-ring (bicyclic) bond motifs is 1. The second-order valence-corrected chi connectivity index (χ2v) is 32.7. The monoisotopic (exact) mass is 2440 g/mol. The molecule has 0 aliphatic carbocycles. The third kappa shape index (κ3) is 101. The first-order valence-electron chi connectivity index (χ1n) is 27.2. The van der Waals surface area contributed by atoms with E-state index in [1.165, 1.54) is 4.26 Å². The number of halogens is 11. The predicted octanol–water partition coefficient (Wildman–Crippen LogP) is 20.4. The molecule has 0 saturated heterocycles. The molecular weight excluding hydrogens is 2360 g/mol. The van der Waals surface area contributed by atoms with Crippen LogP contribution in [-0.4, -0.2) is 152 Å². The van der Waals surface area contributed by atoms with Gasteiger partial charge in [-0.1, -0.05) is 148 Å². The quantitative estimate of drug-likeness (QED) is 0.0116. The van der Waals surface area contributed by atoms with Gasteiger partial charge in [0.15, 0.2) is 5.82 Å². The number of hydrogen-bond donors (Lipinski definition) is 8. The van der Waals surface area contributed by atoms with Crippen molar-refractivity contribution in [1.29, 1.82) is 0 Å². The Morgan fingerprint density at radius 2 is 1.01 bits per heavy atom. The third-order valence-electron chi connectivity index (χ3n) is 6.34. The topological polar surface area (TPSA) is 407 Å². The van der Waals surface area contributed by atoms with Crippen molar-refractivity contribution in [3.63, 3.8) is 0 Å². The number of hydrogen-bond acceptors (Lipinski definition) is 20. The molecule has 0 atom stereocenters. The molecule has 15 N–H and O–H groups in total. The first-order chi connectivity index (χ1) is 45.8. The zero-order chi connectivity index (χ0) is 77.3. The zero-order valence-electron chi connectivity index (χ0n) is 56.8. The van der Waals surface area contributed by atoms with Crippen LogP contribution in [0.2, 0.25) is 0 Å². The molecular formula is C57H88BBr5Cl3CuI3N18O5PSSe4. The average Bonchev–Trinajstić information content (AvgIpc) is 1.73. The predicted molar refractivity (Wildman–Crippen MR) is 479 cm³/mol. The molecule has 0 fully saturated rings. The van der Waals surface area contributed by atoms with Gasteiger partial charge in [-0.05, 0) is 144 Å². The van der Waals surface area contributed by atoms with Crippen molar-refractivity contribution >= 4 is 346 Å². The standard InChI is InChI=1S/C6H5BrN3Se.C6H5BrN2O.C6H3BrN2Se.C6H5BrN2.C6H5N3Se.C5H5BrN2.C5H6N2.C2H4I2.7C2H6.CH2O2.BHNS.Cl3OP.Cu.HI.H3N.H2O.Se/c7-4-2-1-3-9-5(4)10-6(8)11;2*7-5-2-1-3-8-6(5)9-4-10;1-8-6-5(7)3-2-4-9-6;7-6-9-5-4(10-6)2-1-3-8-5;6-4-2-1-3-8-5(4)7;6-5-3-1-2-4-7-5;1-2(3)4;7*1-2;2-1-3;1-2-3;1-5(2,3)4;;;;;/h1-3H,(H2,8,9,10);1-4H,(H,8,9,10);1-3H;2-4H,1H2;1-3H,(H2,7,8,9);1-3H,(H2,7,8);1-4H,(H2,6,7);2H,1H3;7*1-2H3;1H,(H,2,3);3H;;;1H;1H3;1H2;/q;;;;;;;;;;;;;;;;;;+1;;;;/p-1. The van der Waals surface area contributed by atoms with Gasteiger partial charge in [0.2, 0.25) is 6.41 Å². The van der Waals surface area contributed by atoms with Crippen molar-refractivity contribution < 1.29 is 37.5 Å². The number of nitrogens with zero attached hydrogens (tertiary/aromatic N) is 12. The molecule has 0 bridgehead atoms. The molecule has 0 saturated carbocycles. The minimum atomic E-state index is -3.22. The Labute approximate surface area is 729 Å². The number of carbonyl (C=O) groups excluding carboxylic acids is 1. The first-order valence-corrected chi connectivity index (χ1v) is 45.0. The van der Waals surface area contributed by atoms with Gasteiger partial charge < -0.3 is 33.5 Å². The summed E-state index contributed by atoms with van der Waals surface area (Å²) in [4.78, 5) is 61.2. The molecule has 1 amide bonds. The molecule has 8 heterocycles. The molecule has 0 aromatic carbocycles. The second-order valence-electron chi connectivity index (χ2n) is 12.0. The number of carbonyl (C=O) groups is 2. The van der Waals surface area contributed by atoms with Gasteiger partial charge in [0.05, 0.1) is 15.3 Å². The summed E-state index contributed by atoms with van der Waals surface area (Å²) in [6.45, 7) is 33.2. The maximum atomic E-state index is 9.95. The summed E-state index contributed by atoms with van der Waals surface area (Å²) in [5.74, 6) is 3.51.